The smallest absolute Gasteiger partial charge is 0.317 e. The van der Waals surface area contributed by atoms with Crippen LogP contribution in [0.25, 0.3) is 0 Å². The van der Waals surface area contributed by atoms with Crippen LogP contribution in [0.15, 0.2) is 0 Å². The fourth-order valence-corrected chi connectivity index (χ4v) is 2.06. The zero-order chi connectivity index (χ0) is 11.3. The van der Waals surface area contributed by atoms with Crippen LogP contribution in [0.2, 0.25) is 0 Å². The minimum absolute atomic E-state index is 0.0836. The zero-order valence-electron chi connectivity index (χ0n) is 10.1. The number of likely N-dealkylation sites (N-methyl/N-ethyl adjacent to an activating group) is 1. The van der Waals surface area contributed by atoms with Gasteiger partial charge in [0.25, 0.3) is 0 Å². The lowest BCUT2D eigenvalue weighted by atomic mass is 10.1. The molecule has 0 aromatic rings. The first-order valence-electron chi connectivity index (χ1n) is 5.91. The summed E-state index contributed by atoms with van der Waals surface area (Å²) >= 11 is 0. The summed E-state index contributed by atoms with van der Waals surface area (Å²) in [6, 6.07) is 0.414. The van der Waals surface area contributed by atoms with Crippen molar-refractivity contribution in [2.75, 3.05) is 33.2 Å². The monoisotopic (exact) mass is 213 g/mol. The van der Waals surface area contributed by atoms with Gasteiger partial charge in [0.15, 0.2) is 0 Å². The van der Waals surface area contributed by atoms with Crippen molar-refractivity contribution in [2.45, 2.75) is 32.7 Å². The van der Waals surface area contributed by atoms with Crippen LogP contribution in [-0.2, 0) is 0 Å². The molecule has 0 aromatic carbocycles. The maximum Gasteiger partial charge on any atom is 0.317 e. The predicted octanol–water partition coefficient (Wildman–Crippen LogP) is 1.13. The summed E-state index contributed by atoms with van der Waals surface area (Å²) < 4.78 is 0. The number of urea groups is 1. The molecule has 0 spiro atoms. The Hall–Kier alpha value is -0.770. The number of likely N-dealkylation sites (tertiary alicyclic amines) is 1. The molecule has 88 valence electrons. The van der Waals surface area contributed by atoms with Gasteiger partial charge in [-0.15, -0.1) is 0 Å². The van der Waals surface area contributed by atoms with Gasteiger partial charge in [0, 0.05) is 25.7 Å². The van der Waals surface area contributed by atoms with Crippen molar-refractivity contribution in [3.05, 3.63) is 0 Å². The summed E-state index contributed by atoms with van der Waals surface area (Å²) in [5.41, 5.74) is 0. The van der Waals surface area contributed by atoms with E-state index in [1.54, 1.807) is 0 Å². The van der Waals surface area contributed by atoms with Crippen molar-refractivity contribution in [3.63, 3.8) is 0 Å². The molecule has 1 rings (SSSR count). The molecule has 0 aromatic heterocycles. The van der Waals surface area contributed by atoms with Crippen LogP contribution in [0.4, 0.5) is 4.79 Å². The van der Waals surface area contributed by atoms with Crippen LogP contribution in [0.3, 0.4) is 0 Å². The summed E-state index contributed by atoms with van der Waals surface area (Å²) in [6.07, 6.45) is 2.29. The molecule has 4 heteroatoms. The summed E-state index contributed by atoms with van der Waals surface area (Å²) in [7, 11) is 2.11. The first-order valence-corrected chi connectivity index (χ1v) is 5.91. The topological polar surface area (TPSA) is 35.6 Å². The van der Waals surface area contributed by atoms with Gasteiger partial charge < -0.3 is 15.1 Å². The number of amides is 2. The van der Waals surface area contributed by atoms with E-state index in [2.05, 4.69) is 17.3 Å². The molecule has 1 unspecified atom stereocenters. The molecule has 1 fully saturated rings. The van der Waals surface area contributed by atoms with E-state index in [0.717, 1.165) is 32.6 Å². The number of hydrogen-bond acceptors (Lipinski definition) is 2. The van der Waals surface area contributed by atoms with Crippen molar-refractivity contribution in [2.24, 2.45) is 0 Å². The van der Waals surface area contributed by atoms with E-state index >= 15 is 0 Å². The van der Waals surface area contributed by atoms with Gasteiger partial charge in [-0.3, -0.25) is 0 Å². The van der Waals surface area contributed by atoms with Crippen LogP contribution in [0.5, 0.6) is 0 Å². The second-order valence-electron chi connectivity index (χ2n) is 4.22. The normalized spacial score (nSPS) is 22.5. The van der Waals surface area contributed by atoms with Crippen LogP contribution in [0, 0.1) is 0 Å². The number of nitrogens with zero attached hydrogens (tertiary/aromatic N) is 2. The third-order valence-electron chi connectivity index (χ3n) is 3.00. The number of piperidine rings is 1. The molecule has 2 amide bonds. The highest BCUT2D eigenvalue weighted by Crippen LogP contribution is 2.08. The molecule has 1 N–H and O–H groups in total. The average Bonchev–Trinajstić information content (AvgIpc) is 2.19. The molecule has 15 heavy (non-hydrogen) atoms. The highest BCUT2D eigenvalue weighted by Gasteiger charge is 2.20. The lowest BCUT2D eigenvalue weighted by molar-refractivity contribution is 0.182. The van der Waals surface area contributed by atoms with Gasteiger partial charge in [0.05, 0.1) is 0 Å². The van der Waals surface area contributed by atoms with E-state index < -0.39 is 0 Å². The van der Waals surface area contributed by atoms with E-state index in [1.807, 2.05) is 18.7 Å². The van der Waals surface area contributed by atoms with E-state index in [9.17, 15) is 4.79 Å². The summed E-state index contributed by atoms with van der Waals surface area (Å²) in [5.74, 6) is 0. The molecule has 1 aliphatic heterocycles. The molecular formula is C11H23N3O. The highest BCUT2D eigenvalue weighted by molar-refractivity contribution is 5.74. The van der Waals surface area contributed by atoms with Crippen LogP contribution in [0.1, 0.15) is 26.7 Å². The number of hydrogen-bond donors (Lipinski definition) is 1. The molecule has 0 saturated carbocycles. The second kappa shape index (κ2) is 5.95. The lowest BCUT2D eigenvalue weighted by Crippen LogP contribution is -2.50. The molecule has 1 aliphatic rings. The molecule has 0 radical (unpaired) electrons. The van der Waals surface area contributed by atoms with Crippen LogP contribution >= 0.6 is 0 Å². The Morgan fingerprint density at radius 3 is 2.67 bits per heavy atom. The Kier molecular flexibility index (Phi) is 4.88. The maximum absolute atomic E-state index is 11.8. The summed E-state index contributed by atoms with van der Waals surface area (Å²) in [4.78, 5) is 15.9. The first kappa shape index (κ1) is 12.3. The van der Waals surface area contributed by atoms with Gasteiger partial charge in [0.1, 0.15) is 0 Å². The van der Waals surface area contributed by atoms with Gasteiger partial charge in [0.2, 0.25) is 0 Å². The Labute approximate surface area is 92.6 Å². The minimum Gasteiger partial charge on any atom is -0.334 e. The number of carbonyl (C=O) groups is 1. The molecule has 1 atom stereocenters. The Morgan fingerprint density at radius 1 is 1.47 bits per heavy atom. The average molecular weight is 213 g/mol. The third-order valence-corrected chi connectivity index (χ3v) is 3.00. The summed E-state index contributed by atoms with van der Waals surface area (Å²) in [5, 5.41) is 3.10. The number of nitrogens with one attached hydrogen (secondary N) is 1. The molecule has 1 heterocycles. The number of carbonyl (C=O) groups excluding carboxylic acids is 1. The van der Waals surface area contributed by atoms with Gasteiger partial charge in [-0.25, -0.2) is 4.79 Å². The molecule has 1 saturated heterocycles. The van der Waals surface area contributed by atoms with Crippen LogP contribution < -0.4 is 5.32 Å². The van der Waals surface area contributed by atoms with Gasteiger partial charge >= 0.3 is 6.03 Å². The quantitative estimate of drug-likeness (QED) is 0.763. The van der Waals surface area contributed by atoms with E-state index in [-0.39, 0.29) is 6.03 Å². The van der Waals surface area contributed by atoms with E-state index in [1.165, 1.54) is 6.42 Å². The Bertz CT molecular complexity index is 204. The fraction of sp³-hybridized carbons (Fsp3) is 0.909. The maximum atomic E-state index is 11.8. The van der Waals surface area contributed by atoms with E-state index in [4.69, 9.17) is 0 Å². The molecule has 0 bridgehead atoms. The predicted molar refractivity (Wildman–Crippen MR) is 62.0 cm³/mol. The molecule has 0 aliphatic carbocycles. The highest BCUT2D eigenvalue weighted by atomic mass is 16.2. The standard InChI is InChI=1S/C11H23N3O/c1-4-14(5-2)11(15)12-10-7-6-8-13(3)9-10/h10H,4-9H2,1-3H3,(H,12,15). The van der Waals surface area contributed by atoms with Crippen LogP contribution in [-0.4, -0.2) is 55.1 Å². The second-order valence-corrected chi connectivity index (χ2v) is 4.22. The number of rotatable bonds is 3. The fourth-order valence-electron chi connectivity index (χ4n) is 2.06. The first-order chi connectivity index (χ1) is 7.17. The summed E-state index contributed by atoms with van der Waals surface area (Å²) in [6.45, 7) is 7.71. The van der Waals surface area contributed by atoms with Crippen molar-refractivity contribution in [1.82, 2.24) is 15.1 Å². The SMILES string of the molecule is CCN(CC)C(=O)NC1CCCN(C)C1. The zero-order valence-corrected chi connectivity index (χ0v) is 10.1. The van der Waals surface area contributed by atoms with Crippen molar-refractivity contribution in [3.8, 4) is 0 Å². The van der Waals surface area contributed by atoms with Gasteiger partial charge in [-0.1, -0.05) is 0 Å². The molecule has 4 nitrogen and oxygen atoms in total. The largest absolute Gasteiger partial charge is 0.334 e. The lowest BCUT2D eigenvalue weighted by Gasteiger charge is -2.31. The van der Waals surface area contributed by atoms with E-state index in [0.29, 0.717) is 6.04 Å². The van der Waals surface area contributed by atoms with Crippen molar-refractivity contribution < 1.29 is 4.79 Å². The van der Waals surface area contributed by atoms with Crippen molar-refractivity contribution in [1.29, 1.82) is 0 Å². The van der Waals surface area contributed by atoms with Crippen molar-refractivity contribution >= 4 is 6.03 Å². The van der Waals surface area contributed by atoms with Gasteiger partial charge in [-0.05, 0) is 40.3 Å². The Balaban J connectivity index is 2.36. The third kappa shape index (κ3) is 3.70. The Morgan fingerprint density at radius 2 is 2.13 bits per heavy atom. The minimum atomic E-state index is 0.0836. The van der Waals surface area contributed by atoms with Gasteiger partial charge in [-0.2, -0.15) is 0 Å². The molecular weight excluding hydrogens is 190 g/mol.